The van der Waals surface area contributed by atoms with E-state index in [2.05, 4.69) is 48.2 Å². The molecule has 0 aliphatic carbocycles. The normalized spacial score (nSPS) is 10.6. The molecule has 0 aliphatic heterocycles. The summed E-state index contributed by atoms with van der Waals surface area (Å²) in [5, 5.41) is 2.73. The predicted molar refractivity (Wildman–Crippen MR) is 60.0 cm³/mol. The van der Waals surface area contributed by atoms with Crippen molar-refractivity contribution in [2.24, 2.45) is 0 Å². The maximum Gasteiger partial charge on any atom is 0.0743 e. The van der Waals surface area contributed by atoms with Gasteiger partial charge in [0.1, 0.15) is 0 Å². The highest BCUT2D eigenvalue weighted by atomic mass is 14.5. The topological polar surface area (TPSA) is 27.6 Å². The zero-order valence-electron chi connectivity index (χ0n) is 8.37. The summed E-state index contributed by atoms with van der Waals surface area (Å²) in [6.45, 7) is 1.02. The van der Waals surface area contributed by atoms with Crippen LogP contribution in [0.15, 0.2) is 42.5 Å². The Morgan fingerprint density at radius 2 is 1.71 bits per heavy atom. The maximum atomic E-state index is 3.88. The molecule has 0 aliphatic rings. The van der Waals surface area contributed by atoms with Crippen molar-refractivity contribution in [3.63, 3.8) is 0 Å². The minimum atomic E-state index is 1.02. The monoisotopic (exact) mass is 186 g/mol. The van der Waals surface area contributed by atoms with Gasteiger partial charge in [0.25, 0.3) is 0 Å². The fourth-order valence-electron chi connectivity index (χ4n) is 1.83. The van der Waals surface area contributed by atoms with E-state index in [0.717, 1.165) is 13.0 Å². The fourth-order valence-corrected chi connectivity index (χ4v) is 1.83. The number of quaternary nitrogens is 1. The minimum Gasteiger partial charge on any atom is -0.358 e. The van der Waals surface area contributed by atoms with Crippen molar-refractivity contribution in [3.05, 3.63) is 48.0 Å². The van der Waals surface area contributed by atoms with Gasteiger partial charge in [-0.3, -0.25) is 0 Å². The first kappa shape index (κ1) is 9.22. The van der Waals surface area contributed by atoms with Crippen LogP contribution in [-0.2, 0) is 6.42 Å². The lowest BCUT2D eigenvalue weighted by atomic mass is 10.0. The Balaban J connectivity index is 2.43. The first-order valence-electron chi connectivity index (χ1n) is 5.17. The van der Waals surface area contributed by atoms with Crippen molar-refractivity contribution in [1.29, 1.82) is 0 Å². The van der Waals surface area contributed by atoms with E-state index >= 15 is 0 Å². The largest absolute Gasteiger partial charge is 0.358 e. The molecular formula is C13H16N+. The van der Waals surface area contributed by atoms with Crippen molar-refractivity contribution < 1.29 is 5.73 Å². The van der Waals surface area contributed by atoms with E-state index in [0.29, 0.717) is 0 Å². The maximum absolute atomic E-state index is 3.88. The molecule has 1 heteroatoms. The highest BCUT2D eigenvalue weighted by Crippen LogP contribution is 2.19. The molecule has 0 aromatic heterocycles. The van der Waals surface area contributed by atoms with E-state index < -0.39 is 0 Å². The number of rotatable bonds is 3. The Morgan fingerprint density at radius 1 is 0.929 bits per heavy atom. The molecule has 0 spiro atoms. The lowest BCUT2D eigenvalue weighted by Crippen LogP contribution is -2.50. The Kier molecular flexibility index (Phi) is 2.80. The Bertz CT molecular complexity index is 415. The molecule has 0 radical (unpaired) electrons. The van der Waals surface area contributed by atoms with Gasteiger partial charge in [-0.1, -0.05) is 42.5 Å². The van der Waals surface area contributed by atoms with Gasteiger partial charge in [-0.15, -0.1) is 0 Å². The van der Waals surface area contributed by atoms with Crippen LogP contribution in [0, 0.1) is 0 Å². The first-order valence-corrected chi connectivity index (χ1v) is 5.17. The molecule has 0 saturated heterocycles. The summed E-state index contributed by atoms with van der Waals surface area (Å²) in [6, 6.07) is 15.1. The van der Waals surface area contributed by atoms with Gasteiger partial charge < -0.3 is 5.73 Å². The molecule has 0 unspecified atom stereocenters. The third kappa shape index (κ3) is 1.78. The third-order valence-corrected chi connectivity index (χ3v) is 2.58. The molecule has 72 valence electrons. The summed E-state index contributed by atoms with van der Waals surface area (Å²) in [7, 11) is 0. The number of hydrogen-bond donors (Lipinski definition) is 1. The highest BCUT2D eigenvalue weighted by Gasteiger charge is 1.99. The van der Waals surface area contributed by atoms with Crippen LogP contribution >= 0.6 is 0 Å². The van der Waals surface area contributed by atoms with E-state index in [9.17, 15) is 0 Å². The van der Waals surface area contributed by atoms with Crippen LogP contribution in [0.1, 0.15) is 12.0 Å². The van der Waals surface area contributed by atoms with Gasteiger partial charge in [0.05, 0.1) is 6.54 Å². The molecule has 3 N–H and O–H groups in total. The van der Waals surface area contributed by atoms with Gasteiger partial charge in [0.15, 0.2) is 0 Å². The summed E-state index contributed by atoms with van der Waals surface area (Å²) < 4.78 is 0. The molecule has 0 saturated carbocycles. The predicted octanol–water partition coefficient (Wildman–Crippen LogP) is 2.01. The van der Waals surface area contributed by atoms with E-state index in [1.807, 2.05) is 0 Å². The van der Waals surface area contributed by atoms with Gasteiger partial charge in [0.2, 0.25) is 0 Å². The molecule has 14 heavy (non-hydrogen) atoms. The van der Waals surface area contributed by atoms with Crippen LogP contribution in [0.25, 0.3) is 10.8 Å². The molecule has 0 amide bonds. The van der Waals surface area contributed by atoms with Crippen molar-refractivity contribution in [2.75, 3.05) is 6.54 Å². The number of aryl methyl sites for hydroxylation is 1. The SMILES string of the molecule is [NH3+]CCCc1cccc2ccccc12. The van der Waals surface area contributed by atoms with Gasteiger partial charge >= 0.3 is 0 Å². The van der Waals surface area contributed by atoms with E-state index in [1.165, 1.54) is 22.8 Å². The van der Waals surface area contributed by atoms with Crippen molar-refractivity contribution in [2.45, 2.75) is 12.8 Å². The van der Waals surface area contributed by atoms with Crippen LogP contribution < -0.4 is 5.73 Å². The van der Waals surface area contributed by atoms with Gasteiger partial charge in [-0.25, -0.2) is 0 Å². The molecule has 2 aromatic rings. The van der Waals surface area contributed by atoms with Crippen LogP contribution in [0.5, 0.6) is 0 Å². The molecule has 0 bridgehead atoms. The van der Waals surface area contributed by atoms with Crippen LogP contribution in [0.2, 0.25) is 0 Å². The van der Waals surface area contributed by atoms with Gasteiger partial charge in [0, 0.05) is 6.42 Å². The van der Waals surface area contributed by atoms with Crippen LogP contribution in [0.4, 0.5) is 0 Å². The second-order valence-electron chi connectivity index (χ2n) is 3.60. The molecule has 0 heterocycles. The number of benzene rings is 2. The molecular weight excluding hydrogens is 170 g/mol. The van der Waals surface area contributed by atoms with E-state index in [1.54, 1.807) is 0 Å². The molecule has 0 atom stereocenters. The summed E-state index contributed by atoms with van der Waals surface area (Å²) in [5.41, 5.74) is 5.33. The Hall–Kier alpha value is -1.34. The second-order valence-corrected chi connectivity index (χ2v) is 3.60. The van der Waals surface area contributed by atoms with E-state index in [-0.39, 0.29) is 0 Å². The van der Waals surface area contributed by atoms with Crippen LogP contribution in [-0.4, -0.2) is 6.54 Å². The Morgan fingerprint density at radius 3 is 2.57 bits per heavy atom. The third-order valence-electron chi connectivity index (χ3n) is 2.58. The van der Waals surface area contributed by atoms with Crippen LogP contribution in [0.3, 0.4) is 0 Å². The minimum absolute atomic E-state index is 1.02. The molecule has 2 aromatic carbocycles. The average molecular weight is 186 g/mol. The second kappa shape index (κ2) is 4.25. The Labute approximate surface area is 84.5 Å². The van der Waals surface area contributed by atoms with Crippen molar-refractivity contribution in [1.82, 2.24) is 0 Å². The molecule has 1 nitrogen and oxygen atoms in total. The van der Waals surface area contributed by atoms with Crippen molar-refractivity contribution in [3.8, 4) is 0 Å². The zero-order chi connectivity index (χ0) is 9.80. The number of fused-ring (bicyclic) bond motifs is 1. The summed E-state index contributed by atoms with van der Waals surface area (Å²) >= 11 is 0. The smallest absolute Gasteiger partial charge is 0.0743 e. The quantitative estimate of drug-likeness (QED) is 0.759. The van der Waals surface area contributed by atoms with Crippen molar-refractivity contribution >= 4 is 10.8 Å². The standard InChI is InChI=1S/C13H15N/c14-10-4-8-12-7-3-6-11-5-1-2-9-13(11)12/h1-3,5-7,9H,4,8,10,14H2/p+1. The number of hydrogen-bond acceptors (Lipinski definition) is 0. The summed E-state index contributed by atoms with van der Waals surface area (Å²) in [5.74, 6) is 0. The highest BCUT2D eigenvalue weighted by molar-refractivity contribution is 5.85. The summed E-state index contributed by atoms with van der Waals surface area (Å²) in [4.78, 5) is 0. The lowest BCUT2D eigenvalue weighted by molar-refractivity contribution is -0.368. The zero-order valence-corrected chi connectivity index (χ0v) is 8.37. The van der Waals surface area contributed by atoms with Gasteiger partial charge in [-0.05, 0) is 22.8 Å². The van der Waals surface area contributed by atoms with E-state index in [4.69, 9.17) is 0 Å². The average Bonchev–Trinajstić information content (AvgIpc) is 2.26. The first-order chi connectivity index (χ1) is 6.92. The molecule has 2 rings (SSSR count). The van der Waals surface area contributed by atoms with Gasteiger partial charge in [-0.2, -0.15) is 0 Å². The fraction of sp³-hybridized carbons (Fsp3) is 0.231. The summed E-state index contributed by atoms with van der Waals surface area (Å²) in [6.07, 6.45) is 2.32. The lowest BCUT2D eigenvalue weighted by Gasteiger charge is -2.04. The molecule has 0 fully saturated rings.